The van der Waals surface area contributed by atoms with E-state index in [1.54, 1.807) is 31.4 Å². The average molecular weight is 366 g/mol. The molecule has 1 aromatic carbocycles. The molecule has 0 radical (unpaired) electrons. The largest absolute Gasteiger partial charge is 0.494 e. The highest BCUT2D eigenvalue weighted by Gasteiger charge is 2.39. The Bertz CT molecular complexity index is 972. The van der Waals surface area contributed by atoms with Crippen LogP contribution in [0.3, 0.4) is 0 Å². The Labute approximate surface area is 155 Å². The van der Waals surface area contributed by atoms with Crippen LogP contribution in [0.2, 0.25) is 0 Å². The summed E-state index contributed by atoms with van der Waals surface area (Å²) in [6.45, 7) is 0.304. The Balaban J connectivity index is 1.66. The van der Waals surface area contributed by atoms with Crippen LogP contribution in [0, 0.1) is 0 Å². The van der Waals surface area contributed by atoms with Gasteiger partial charge in [-0.25, -0.2) is 4.98 Å². The summed E-state index contributed by atoms with van der Waals surface area (Å²) >= 11 is 0. The molecule has 138 valence electrons. The number of nitrogens with two attached hydrogens (primary N) is 1. The maximum atomic E-state index is 12.7. The lowest BCUT2D eigenvalue weighted by Gasteiger charge is -2.29. The van der Waals surface area contributed by atoms with Crippen LogP contribution >= 0.6 is 0 Å². The van der Waals surface area contributed by atoms with Crippen LogP contribution in [-0.2, 0) is 16.1 Å². The third kappa shape index (κ3) is 2.88. The number of imide groups is 1. The van der Waals surface area contributed by atoms with Gasteiger partial charge in [-0.05, 0) is 36.2 Å². The van der Waals surface area contributed by atoms with E-state index in [9.17, 15) is 14.4 Å². The van der Waals surface area contributed by atoms with Gasteiger partial charge in [-0.2, -0.15) is 0 Å². The van der Waals surface area contributed by atoms with Crippen molar-refractivity contribution in [3.05, 3.63) is 41.5 Å². The van der Waals surface area contributed by atoms with Crippen LogP contribution in [0.5, 0.6) is 5.75 Å². The van der Waals surface area contributed by atoms with Gasteiger partial charge in [0.15, 0.2) is 0 Å². The molecule has 0 saturated carbocycles. The topological polar surface area (TPSA) is 115 Å². The molecular formula is C19H18N4O4. The Morgan fingerprint density at radius 3 is 2.78 bits per heavy atom. The van der Waals surface area contributed by atoms with Gasteiger partial charge in [0, 0.05) is 24.1 Å². The van der Waals surface area contributed by atoms with E-state index in [4.69, 9.17) is 10.5 Å². The van der Waals surface area contributed by atoms with Crippen molar-refractivity contribution < 1.29 is 19.1 Å². The van der Waals surface area contributed by atoms with Gasteiger partial charge < -0.3 is 15.4 Å². The van der Waals surface area contributed by atoms with Crippen molar-refractivity contribution in [1.82, 2.24) is 15.2 Å². The summed E-state index contributed by atoms with van der Waals surface area (Å²) in [6.07, 6.45) is 0.564. The first-order chi connectivity index (χ1) is 13.0. The minimum Gasteiger partial charge on any atom is -0.494 e. The molecule has 1 unspecified atom stereocenters. The SMILES string of the molecule is COc1ccc(N)nc1-c1ccc2c(c1)CN(C1CCC(=O)NC1=O)C2=O. The van der Waals surface area contributed by atoms with Crippen molar-refractivity contribution in [2.45, 2.75) is 25.4 Å². The number of nitrogens with zero attached hydrogens (tertiary/aromatic N) is 2. The molecule has 1 fully saturated rings. The summed E-state index contributed by atoms with van der Waals surface area (Å²) in [5, 5.41) is 2.30. The van der Waals surface area contributed by atoms with E-state index in [0.29, 0.717) is 35.8 Å². The number of benzene rings is 1. The highest BCUT2D eigenvalue weighted by atomic mass is 16.5. The zero-order chi connectivity index (χ0) is 19.1. The third-order valence-electron chi connectivity index (χ3n) is 4.90. The lowest BCUT2D eigenvalue weighted by atomic mass is 10.0. The molecule has 0 bridgehead atoms. The van der Waals surface area contributed by atoms with E-state index in [1.807, 2.05) is 6.07 Å². The van der Waals surface area contributed by atoms with Gasteiger partial charge in [0.1, 0.15) is 23.3 Å². The molecule has 0 spiro atoms. The summed E-state index contributed by atoms with van der Waals surface area (Å²) in [4.78, 5) is 42.1. The van der Waals surface area contributed by atoms with Gasteiger partial charge in [-0.3, -0.25) is 19.7 Å². The smallest absolute Gasteiger partial charge is 0.255 e. The molecule has 3 N–H and O–H groups in total. The minimum atomic E-state index is -0.633. The lowest BCUT2D eigenvalue weighted by Crippen LogP contribution is -2.52. The molecule has 3 heterocycles. The highest BCUT2D eigenvalue weighted by Crippen LogP contribution is 2.34. The molecule has 2 aliphatic heterocycles. The summed E-state index contributed by atoms with van der Waals surface area (Å²) in [5.41, 5.74) is 8.51. The maximum absolute atomic E-state index is 12.7. The fraction of sp³-hybridized carbons (Fsp3) is 0.263. The van der Waals surface area contributed by atoms with Crippen LogP contribution < -0.4 is 15.8 Å². The summed E-state index contributed by atoms with van der Waals surface area (Å²) in [5.74, 6) is 0.0101. The fourth-order valence-electron chi connectivity index (χ4n) is 3.55. The monoisotopic (exact) mass is 366 g/mol. The molecule has 3 amide bonds. The van der Waals surface area contributed by atoms with E-state index >= 15 is 0 Å². The molecule has 1 saturated heterocycles. The number of aromatic nitrogens is 1. The molecule has 0 aliphatic carbocycles. The van der Waals surface area contributed by atoms with Gasteiger partial charge in [-0.1, -0.05) is 6.07 Å². The quantitative estimate of drug-likeness (QED) is 0.786. The number of pyridine rings is 1. The normalized spacial score (nSPS) is 19.1. The number of anilines is 1. The molecule has 2 aromatic rings. The number of piperidine rings is 1. The van der Waals surface area contributed by atoms with Crippen molar-refractivity contribution >= 4 is 23.5 Å². The molecule has 8 heteroatoms. The third-order valence-corrected chi connectivity index (χ3v) is 4.90. The van der Waals surface area contributed by atoms with Crippen molar-refractivity contribution in [3.8, 4) is 17.0 Å². The molecule has 2 aliphatic rings. The van der Waals surface area contributed by atoms with E-state index in [1.165, 1.54) is 4.90 Å². The summed E-state index contributed by atoms with van der Waals surface area (Å²) in [7, 11) is 1.55. The molecule has 8 nitrogen and oxygen atoms in total. The first kappa shape index (κ1) is 17.0. The van der Waals surface area contributed by atoms with Crippen molar-refractivity contribution in [3.63, 3.8) is 0 Å². The Hall–Kier alpha value is -3.42. The number of methoxy groups -OCH3 is 1. The number of fused-ring (bicyclic) bond motifs is 1. The van der Waals surface area contributed by atoms with Crippen molar-refractivity contribution in [2.75, 3.05) is 12.8 Å². The van der Waals surface area contributed by atoms with Crippen molar-refractivity contribution in [2.24, 2.45) is 0 Å². The number of carbonyl (C=O) groups is 3. The molecule has 1 aromatic heterocycles. The molecule has 27 heavy (non-hydrogen) atoms. The first-order valence-corrected chi connectivity index (χ1v) is 8.56. The van der Waals surface area contributed by atoms with Gasteiger partial charge in [0.25, 0.3) is 5.91 Å². The number of nitrogen functional groups attached to an aromatic ring is 1. The number of hydrogen-bond donors (Lipinski definition) is 2. The summed E-state index contributed by atoms with van der Waals surface area (Å²) < 4.78 is 5.36. The van der Waals surface area contributed by atoms with Crippen LogP contribution in [0.25, 0.3) is 11.3 Å². The second kappa shape index (κ2) is 6.39. The van der Waals surface area contributed by atoms with Crippen LogP contribution in [0.1, 0.15) is 28.8 Å². The lowest BCUT2D eigenvalue weighted by molar-refractivity contribution is -0.136. The van der Waals surface area contributed by atoms with E-state index in [2.05, 4.69) is 10.3 Å². The second-order valence-electron chi connectivity index (χ2n) is 6.56. The van der Waals surface area contributed by atoms with Crippen LogP contribution in [-0.4, -0.2) is 40.8 Å². The predicted octanol–water partition coefficient (Wildman–Crippen LogP) is 1.10. The van der Waals surface area contributed by atoms with Gasteiger partial charge in [-0.15, -0.1) is 0 Å². The Morgan fingerprint density at radius 1 is 1.22 bits per heavy atom. The Kier molecular flexibility index (Phi) is 4.02. The maximum Gasteiger partial charge on any atom is 0.255 e. The van der Waals surface area contributed by atoms with E-state index in [0.717, 1.165) is 11.1 Å². The number of nitrogens with one attached hydrogen (secondary N) is 1. The van der Waals surface area contributed by atoms with E-state index in [-0.39, 0.29) is 18.2 Å². The number of carbonyl (C=O) groups excluding carboxylic acids is 3. The standard InChI is InChI=1S/C19H18N4O4/c1-27-14-5-6-15(20)21-17(14)10-2-3-12-11(8-10)9-23(19(12)26)13-4-7-16(24)22-18(13)25/h2-3,5-6,8,13H,4,7,9H2,1H3,(H2,20,21)(H,22,24,25). The second-order valence-corrected chi connectivity index (χ2v) is 6.56. The van der Waals surface area contributed by atoms with E-state index < -0.39 is 11.9 Å². The summed E-state index contributed by atoms with van der Waals surface area (Å²) in [6, 6.07) is 8.14. The van der Waals surface area contributed by atoms with Crippen molar-refractivity contribution in [1.29, 1.82) is 0 Å². The molecule has 1 atom stereocenters. The number of amides is 3. The zero-order valence-electron chi connectivity index (χ0n) is 14.7. The molecule has 4 rings (SSSR count). The Morgan fingerprint density at radius 2 is 2.04 bits per heavy atom. The number of ether oxygens (including phenoxy) is 1. The predicted molar refractivity (Wildman–Crippen MR) is 96.7 cm³/mol. The highest BCUT2D eigenvalue weighted by molar-refractivity contribution is 6.05. The number of rotatable bonds is 3. The number of hydrogen-bond acceptors (Lipinski definition) is 6. The average Bonchev–Trinajstić information content (AvgIpc) is 2.97. The van der Waals surface area contributed by atoms with Gasteiger partial charge in [0.2, 0.25) is 11.8 Å². The molecular weight excluding hydrogens is 348 g/mol. The van der Waals surface area contributed by atoms with Crippen LogP contribution in [0.4, 0.5) is 5.82 Å². The van der Waals surface area contributed by atoms with Gasteiger partial charge >= 0.3 is 0 Å². The first-order valence-electron chi connectivity index (χ1n) is 8.56. The fourth-order valence-corrected chi connectivity index (χ4v) is 3.55. The van der Waals surface area contributed by atoms with Crippen LogP contribution in [0.15, 0.2) is 30.3 Å². The van der Waals surface area contributed by atoms with Gasteiger partial charge in [0.05, 0.1) is 7.11 Å². The zero-order valence-corrected chi connectivity index (χ0v) is 14.7. The minimum absolute atomic E-state index is 0.210.